The summed E-state index contributed by atoms with van der Waals surface area (Å²) in [5, 5.41) is 9.97. The first-order valence-corrected chi connectivity index (χ1v) is 6.15. The largest absolute Gasteiger partial charge is 0.441 e. The lowest BCUT2D eigenvalue weighted by atomic mass is 9.55. The molecule has 0 aromatic rings. The zero-order chi connectivity index (χ0) is 13.5. The van der Waals surface area contributed by atoms with E-state index >= 15 is 0 Å². The van der Waals surface area contributed by atoms with Crippen LogP contribution in [0, 0.1) is 0 Å². The van der Waals surface area contributed by atoms with Gasteiger partial charge in [0.1, 0.15) is 0 Å². The van der Waals surface area contributed by atoms with Crippen LogP contribution in [0.1, 0.15) is 48.5 Å². The fourth-order valence-corrected chi connectivity index (χ4v) is 1.38. The number of hydrogen-bond acceptors (Lipinski definition) is 4. The second-order valence-electron chi connectivity index (χ2n) is 6.31. The quantitative estimate of drug-likeness (QED) is 0.750. The Morgan fingerprint density at radius 3 is 2.18 bits per heavy atom. The molecule has 1 saturated heterocycles. The third kappa shape index (κ3) is 3.47. The van der Waals surface area contributed by atoms with Gasteiger partial charge in [0.2, 0.25) is 0 Å². The van der Waals surface area contributed by atoms with E-state index in [9.17, 15) is 5.11 Å². The van der Waals surface area contributed by atoms with Crippen LogP contribution in [0.3, 0.4) is 0 Å². The minimum Gasteiger partial charge on any atom is -0.434 e. The van der Waals surface area contributed by atoms with Crippen molar-refractivity contribution in [1.29, 1.82) is 0 Å². The fraction of sp³-hybridized carbons (Fsp3) is 1.00. The molecule has 1 aliphatic heterocycles. The maximum atomic E-state index is 9.97. The van der Waals surface area contributed by atoms with Crippen LogP contribution in [0.4, 0.5) is 0 Å². The monoisotopic (exact) mass is 242 g/mol. The van der Waals surface area contributed by atoms with Crippen molar-refractivity contribution in [1.82, 2.24) is 0 Å². The summed E-state index contributed by atoms with van der Waals surface area (Å²) in [6.45, 7) is 13.2. The van der Waals surface area contributed by atoms with E-state index in [-0.39, 0.29) is 18.7 Å². The summed E-state index contributed by atoms with van der Waals surface area (Å²) in [6, 6.07) is 0. The smallest absolute Gasteiger partial charge is 0.434 e. The third-order valence-electron chi connectivity index (χ3n) is 3.82. The molecule has 1 rings (SSSR count). The molecule has 17 heavy (non-hydrogen) atoms. The summed E-state index contributed by atoms with van der Waals surface area (Å²) in [6.07, 6.45) is 0.0429. The molecule has 0 saturated carbocycles. The van der Waals surface area contributed by atoms with Gasteiger partial charge in [-0.05, 0) is 48.5 Å². The first-order chi connectivity index (χ1) is 7.46. The van der Waals surface area contributed by atoms with Gasteiger partial charge < -0.3 is 19.1 Å². The van der Waals surface area contributed by atoms with Crippen LogP contribution in [0.5, 0.6) is 0 Å². The standard InChI is InChI=1S/C11H24B2O4/c1-8-9(2,3)17-13(15-8)12-16-11(6,7)10(4,5)14/h8,12,14H,1-7H3. The summed E-state index contributed by atoms with van der Waals surface area (Å²) in [5.74, 6) is 0. The van der Waals surface area contributed by atoms with Gasteiger partial charge in [0.25, 0.3) is 0 Å². The lowest BCUT2D eigenvalue weighted by Crippen LogP contribution is -2.50. The van der Waals surface area contributed by atoms with Crippen LogP contribution >= 0.6 is 0 Å². The Morgan fingerprint density at radius 2 is 1.82 bits per heavy atom. The van der Waals surface area contributed by atoms with E-state index in [1.54, 1.807) is 13.8 Å². The summed E-state index contributed by atoms with van der Waals surface area (Å²) in [4.78, 5) is 0. The zero-order valence-electron chi connectivity index (χ0n) is 12.0. The van der Waals surface area contributed by atoms with E-state index in [2.05, 4.69) is 0 Å². The molecule has 1 fully saturated rings. The van der Waals surface area contributed by atoms with Gasteiger partial charge in [-0.2, -0.15) is 0 Å². The van der Waals surface area contributed by atoms with Gasteiger partial charge in [-0.1, -0.05) is 0 Å². The molecule has 1 unspecified atom stereocenters. The molecular formula is C11H24B2O4. The number of hydrogen-bond donors (Lipinski definition) is 1. The lowest BCUT2D eigenvalue weighted by Gasteiger charge is -2.37. The predicted molar refractivity (Wildman–Crippen MR) is 70.1 cm³/mol. The molecular weight excluding hydrogens is 218 g/mol. The van der Waals surface area contributed by atoms with Crippen LogP contribution in [0.2, 0.25) is 0 Å². The molecule has 0 radical (unpaired) electrons. The van der Waals surface area contributed by atoms with Crippen LogP contribution in [0.25, 0.3) is 0 Å². The molecule has 1 N–H and O–H groups in total. The highest BCUT2D eigenvalue weighted by molar-refractivity contribution is 7.03. The van der Waals surface area contributed by atoms with Crippen LogP contribution < -0.4 is 0 Å². The molecule has 4 nitrogen and oxygen atoms in total. The highest BCUT2D eigenvalue weighted by Gasteiger charge is 2.45. The zero-order valence-corrected chi connectivity index (χ0v) is 12.0. The highest BCUT2D eigenvalue weighted by atomic mass is 16.7. The molecule has 1 heterocycles. The Kier molecular flexibility index (Phi) is 4.04. The maximum absolute atomic E-state index is 9.97. The SMILES string of the molecule is CC1OB(BOC(C)(C)C(C)(C)O)OC1(C)C. The first-order valence-electron chi connectivity index (χ1n) is 6.15. The van der Waals surface area contributed by atoms with Crippen molar-refractivity contribution in [3.63, 3.8) is 0 Å². The molecule has 6 heteroatoms. The van der Waals surface area contributed by atoms with Crippen molar-refractivity contribution in [2.75, 3.05) is 0 Å². The second kappa shape index (κ2) is 4.57. The average Bonchev–Trinajstić information content (AvgIpc) is 2.36. The Morgan fingerprint density at radius 1 is 1.29 bits per heavy atom. The van der Waals surface area contributed by atoms with Crippen molar-refractivity contribution in [2.24, 2.45) is 0 Å². The Balaban J connectivity index is 2.49. The molecule has 98 valence electrons. The van der Waals surface area contributed by atoms with Crippen molar-refractivity contribution in [3.05, 3.63) is 0 Å². The molecule has 0 spiro atoms. The third-order valence-corrected chi connectivity index (χ3v) is 3.82. The molecule has 0 bridgehead atoms. The fourth-order valence-electron chi connectivity index (χ4n) is 1.38. The Bertz CT molecular complexity index is 273. The average molecular weight is 242 g/mol. The molecule has 0 aromatic heterocycles. The summed E-state index contributed by atoms with van der Waals surface area (Å²) < 4.78 is 17.1. The lowest BCUT2D eigenvalue weighted by molar-refractivity contribution is -0.0894. The topological polar surface area (TPSA) is 47.9 Å². The van der Waals surface area contributed by atoms with E-state index in [0.717, 1.165) is 0 Å². The number of rotatable bonds is 4. The van der Waals surface area contributed by atoms with Crippen LogP contribution in [-0.4, -0.2) is 42.4 Å². The first kappa shape index (κ1) is 15.0. The van der Waals surface area contributed by atoms with E-state index in [1.165, 1.54) is 0 Å². The van der Waals surface area contributed by atoms with E-state index in [1.807, 2.05) is 34.6 Å². The minimum absolute atomic E-state index is 0.0429. The van der Waals surface area contributed by atoms with Gasteiger partial charge in [0.05, 0.1) is 22.9 Å². The van der Waals surface area contributed by atoms with Gasteiger partial charge in [-0.15, -0.1) is 0 Å². The van der Waals surface area contributed by atoms with Gasteiger partial charge in [0, 0.05) is 0 Å². The van der Waals surface area contributed by atoms with E-state index in [4.69, 9.17) is 14.0 Å². The predicted octanol–water partition coefficient (Wildman–Crippen LogP) is 1.10. The molecule has 1 atom stereocenters. The van der Waals surface area contributed by atoms with Gasteiger partial charge in [0.15, 0.2) is 0 Å². The molecule has 0 aliphatic carbocycles. The van der Waals surface area contributed by atoms with Crippen molar-refractivity contribution >= 4 is 14.4 Å². The second-order valence-corrected chi connectivity index (χ2v) is 6.31. The van der Waals surface area contributed by atoms with Gasteiger partial charge >= 0.3 is 14.4 Å². The Labute approximate surface area is 105 Å². The van der Waals surface area contributed by atoms with Crippen LogP contribution in [0.15, 0.2) is 0 Å². The molecule has 0 amide bonds. The van der Waals surface area contributed by atoms with Crippen molar-refractivity contribution in [2.45, 2.75) is 71.4 Å². The number of aliphatic hydroxyl groups is 1. The van der Waals surface area contributed by atoms with Crippen molar-refractivity contribution in [3.8, 4) is 0 Å². The highest BCUT2D eigenvalue weighted by Crippen LogP contribution is 2.29. The summed E-state index contributed by atoms with van der Waals surface area (Å²) in [7, 11) is -0.0354. The van der Waals surface area contributed by atoms with E-state index in [0.29, 0.717) is 7.37 Å². The Hall–Kier alpha value is -0.0301. The maximum Gasteiger partial charge on any atom is 0.441 e. The van der Waals surface area contributed by atoms with Gasteiger partial charge in [-0.25, -0.2) is 0 Å². The summed E-state index contributed by atoms with van der Waals surface area (Å²) >= 11 is 0. The summed E-state index contributed by atoms with van der Waals surface area (Å²) in [5.41, 5.74) is -1.84. The molecule has 0 aromatic carbocycles. The minimum atomic E-state index is -0.910. The van der Waals surface area contributed by atoms with Crippen molar-refractivity contribution < 1.29 is 19.1 Å². The normalized spacial score (nSPS) is 25.2. The van der Waals surface area contributed by atoms with Crippen LogP contribution in [-0.2, 0) is 14.0 Å². The molecule has 1 aliphatic rings. The van der Waals surface area contributed by atoms with E-state index < -0.39 is 11.2 Å². The van der Waals surface area contributed by atoms with Gasteiger partial charge in [-0.3, -0.25) is 0 Å².